The average molecular weight is 292 g/mol. The molecule has 2 nitrogen and oxygen atoms in total. The van der Waals surface area contributed by atoms with Gasteiger partial charge in [0.1, 0.15) is 5.84 Å². The highest BCUT2D eigenvalue weighted by atomic mass is 15.3. The Balaban J connectivity index is 1.96. The van der Waals surface area contributed by atoms with E-state index in [4.69, 9.17) is 4.99 Å². The highest BCUT2D eigenvalue weighted by molar-refractivity contribution is 6.00. The number of amidine groups is 1. The van der Waals surface area contributed by atoms with Gasteiger partial charge in [-0.2, -0.15) is 0 Å². The minimum absolute atomic E-state index is 0.0364. The first kappa shape index (κ1) is 14.8. The summed E-state index contributed by atoms with van der Waals surface area (Å²) in [5.74, 6) is 1.09. The van der Waals surface area contributed by atoms with Gasteiger partial charge in [0.05, 0.1) is 11.1 Å². The largest absolute Gasteiger partial charge is 0.322 e. The SMILES string of the molecule is CC1=NC(C)(C)C(C)(C)N1c1ccc(-c2ccccc2)cc1. The van der Waals surface area contributed by atoms with Crippen LogP contribution in [-0.4, -0.2) is 16.9 Å². The van der Waals surface area contributed by atoms with Crippen molar-refractivity contribution < 1.29 is 0 Å². The van der Waals surface area contributed by atoms with E-state index in [-0.39, 0.29) is 11.1 Å². The Morgan fingerprint density at radius 1 is 0.773 bits per heavy atom. The van der Waals surface area contributed by atoms with Crippen LogP contribution in [0.4, 0.5) is 5.69 Å². The number of nitrogens with zero attached hydrogens (tertiary/aromatic N) is 2. The Labute approximate surface area is 133 Å². The van der Waals surface area contributed by atoms with Crippen molar-refractivity contribution in [2.24, 2.45) is 4.99 Å². The Kier molecular flexibility index (Phi) is 3.36. The Hall–Kier alpha value is -2.09. The highest BCUT2D eigenvalue weighted by Crippen LogP contribution is 2.40. The fraction of sp³-hybridized carbons (Fsp3) is 0.350. The van der Waals surface area contributed by atoms with Crippen molar-refractivity contribution in [3.8, 4) is 11.1 Å². The maximum atomic E-state index is 4.85. The maximum Gasteiger partial charge on any atom is 0.102 e. The lowest BCUT2D eigenvalue weighted by Crippen LogP contribution is -2.52. The summed E-state index contributed by atoms with van der Waals surface area (Å²) in [6.07, 6.45) is 0. The topological polar surface area (TPSA) is 15.6 Å². The Bertz CT molecular complexity index is 694. The van der Waals surface area contributed by atoms with E-state index in [1.807, 2.05) is 6.07 Å². The molecular formula is C20H24N2. The van der Waals surface area contributed by atoms with Crippen LogP contribution >= 0.6 is 0 Å². The van der Waals surface area contributed by atoms with Crippen LogP contribution in [0.2, 0.25) is 0 Å². The van der Waals surface area contributed by atoms with E-state index in [0.717, 1.165) is 5.84 Å². The third-order valence-corrected chi connectivity index (χ3v) is 5.05. The van der Waals surface area contributed by atoms with Crippen LogP contribution in [0.1, 0.15) is 34.6 Å². The van der Waals surface area contributed by atoms with E-state index in [1.54, 1.807) is 0 Å². The van der Waals surface area contributed by atoms with Crippen molar-refractivity contribution in [3.63, 3.8) is 0 Å². The van der Waals surface area contributed by atoms with E-state index < -0.39 is 0 Å². The molecule has 0 N–H and O–H groups in total. The van der Waals surface area contributed by atoms with E-state index in [9.17, 15) is 0 Å². The van der Waals surface area contributed by atoms with Gasteiger partial charge in [-0.3, -0.25) is 4.99 Å². The van der Waals surface area contributed by atoms with Crippen LogP contribution in [0.25, 0.3) is 11.1 Å². The molecule has 0 bridgehead atoms. The fourth-order valence-electron chi connectivity index (χ4n) is 3.21. The molecule has 0 saturated heterocycles. The normalized spacial score (nSPS) is 19.1. The van der Waals surface area contributed by atoms with Gasteiger partial charge in [0, 0.05) is 5.69 Å². The molecule has 1 heterocycles. The molecule has 114 valence electrons. The molecule has 0 atom stereocenters. The summed E-state index contributed by atoms with van der Waals surface area (Å²) in [6.45, 7) is 11.0. The van der Waals surface area contributed by atoms with E-state index in [0.29, 0.717) is 0 Å². The molecule has 0 aliphatic carbocycles. The Morgan fingerprint density at radius 2 is 1.32 bits per heavy atom. The van der Waals surface area contributed by atoms with Crippen LogP contribution in [0.5, 0.6) is 0 Å². The summed E-state index contributed by atoms with van der Waals surface area (Å²) in [4.78, 5) is 7.20. The molecule has 0 amide bonds. The third-order valence-electron chi connectivity index (χ3n) is 5.05. The van der Waals surface area contributed by atoms with E-state index in [1.165, 1.54) is 16.8 Å². The highest BCUT2D eigenvalue weighted by Gasteiger charge is 2.48. The molecule has 1 aliphatic rings. The predicted molar refractivity (Wildman–Crippen MR) is 95.6 cm³/mol. The van der Waals surface area contributed by atoms with Crippen molar-refractivity contribution in [3.05, 3.63) is 54.6 Å². The van der Waals surface area contributed by atoms with Crippen molar-refractivity contribution in [1.82, 2.24) is 0 Å². The summed E-state index contributed by atoms with van der Waals surface area (Å²) >= 11 is 0. The van der Waals surface area contributed by atoms with Crippen molar-refractivity contribution in [1.29, 1.82) is 0 Å². The van der Waals surface area contributed by atoms with Gasteiger partial charge in [0.15, 0.2) is 0 Å². The van der Waals surface area contributed by atoms with Crippen molar-refractivity contribution in [2.75, 3.05) is 4.90 Å². The molecular weight excluding hydrogens is 268 g/mol. The smallest absolute Gasteiger partial charge is 0.102 e. The third kappa shape index (κ3) is 2.23. The first-order chi connectivity index (χ1) is 10.3. The van der Waals surface area contributed by atoms with E-state index >= 15 is 0 Å². The van der Waals surface area contributed by atoms with Crippen LogP contribution in [0.15, 0.2) is 59.6 Å². The molecule has 0 unspecified atom stereocenters. The van der Waals surface area contributed by atoms with Crippen LogP contribution in [0.3, 0.4) is 0 Å². The van der Waals surface area contributed by atoms with Gasteiger partial charge in [-0.25, -0.2) is 0 Å². The van der Waals surface area contributed by atoms with Gasteiger partial charge < -0.3 is 4.90 Å². The summed E-state index contributed by atoms with van der Waals surface area (Å²) in [5.41, 5.74) is 3.58. The van der Waals surface area contributed by atoms with Gasteiger partial charge in [-0.15, -0.1) is 0 Å². The van der Waals surface area contributed by atoms with Crippen molar-refractivity contribution in [2.45, 2.75) is 45.7 Å². The van der Waals surface area contributed by atoms with Gasteiger partial charge in [-0.05, 0) is 57.9 Å². The number of anilines is 1. The average Bonchev–Trinajstić information content (AvgIpc) is 2.64. The lowest BCUT2D eigenvalue weighted by Gasteiger charge is -2.41. The zero-order valence-corrected chi connectivity index (χ0v) is 14.1. The molecule has 2 heteroatoms. The van der Waals surface area contributed by atoms with Crippen LogP contribution in [-0.2, 0) is 0 Å². The summed E-state index contributed by atoms with van der Waals surface area (Å²) in [5, 5.41) is 0. The number of hydrogen-bond donors (Lipinski definition) is 0. The van der Waals surface area contributed by atoms with E-state index in [2.05, 4.69) is 88.0 Å². The molecule has 1 aliphatic heterocycles. The molecule has 22 heavy (non-hydrogen) atoms. The second-order valence-corrected chi connectivity index (χ2v) is 7.03. The molecule has 3 rings (SSSR count). The molecule has 0 spiro atoms. The molecule has 0 aromatic heterocycles. The monoisotopic (exact) mass is 292 g/mol. The number of benzene rings is 2. The zero-order chi connectivity index (χ0) is 16.0. The second-order valence-electron chi connectivity index (χ2n) is 7.03. The lowest BCUT2D eigenvalue weighted by molar-refractivity contribution is 0.338. The molecule has 2 aromatic rings. The second kappa shape index (κ2) is 4.98. The predicted octanol–water partition coefficient (Wildman–Crippen LogP) is 5.15. The van der Waals surface area contributed by atoms with Gasteiger partial charge in [-0.1, -0.05) is 42.5 Å². The Morgan fingerprint density at radius 3 is 1.82 bits per heavy atom. The maximum absolute atomic E-state index is 4.85. The first-order valence-electron chi connectivity index (χ1n) is 7.85. The fourth-order valence-corrected chi connectivity index (χ4v) is 3.21. The zero-order valence-electron chi connectivity index (χ0n) is 14.1. The van der Waals surface area contributed by atoms with Crippen LogP contribution < -0.4 is 4.90 Å². The summed E-state index contributed by atoms with van der Waals surface area (Å²) in [7, 11) is 0. The lowest BCUT2D eigenvalue weighted by atomic mass is 9.83. The van der Waals surface area contributed by atoms with Gasteiger partial charge in [0.2, 0.25) is 0 Å². The summed E-state index contributed by atoms with van der Waals surface area (Å²) in [6, 6.07) is 19.3. The summed E-state index contributed by atoms with van der Waals surface area (Å²) < 4.78 is 0. The standard InChI is InChI=1S/C20H24N2/c1-15-21-19(2,3)20(4,5)22(15)18-13-11-17(12-14-18)16-9-7-6-8-10-16/h6-14H,1-5H3. The number of rotatable bonds is 2. The van der Waals surface area contributed by atoms with Crippen LogP contribution in [0, 0.1) is 0 Å². The molecule has 2 aromatic carbocycles. The quantitative estimate of drug-likeness (QED) is 0.747. The minimum atomic E-state index is -0.0881. The van der Waals surface area contributed by atoms with Gasteiger partial charge in [0.25, 0.3) is 0 Å². The number of hydrogen-bond acceptors (Lipinski definition) is 2. The number of aliphatic imine (C=N–C) groups is 1. The minimum Gasteiger partial charge on any atom is -0.322 e. The molecule has 0 fully saturated rings. The van der Waals surface area contributed by atoms with Gasteiger partial charge >= 0.3 is 0 Å². The molecule has 0 radical (unpaired) electrons. The first-order valence-corrected chi connectivity index (χ1v) is 7.85. The van der Waals surface area contributed by atoms with Crippen molar-refractivity contribution >= 4 is 11.5 Å². The molecule has 0 saturated carbocycles.